The maximum Gasteiger partial charge on any atom is 0.309 e. The summed E-state index contributed by atoms with van der Waals surface area (Å²) in [5, 5.41) is 22.3. The largest absolute Gasteiger partial charge is 0.457 e. The van der Waals surface area contributed by atoms with Crippen LogP contribution in [0.15, 0.2) is 30.1 Å². The molecule has 9 heteroatoms. The van der Waals surface area contributed by atoms with Gasteiger partial charge in [0.25, 0.3) is 0 Å². The van der Waals surface area contributed by atoms with Crippen molar-refractivity contribution in [3.63, 3.8) is 0 Å². The second kappa shape index (κ2) is 11.2. The standard InChI is InChI=1S/C26H34FNO6S/c1-14-24(31)15(2)33-11-10-18(27)7-8-20(17-6-9-21-19(12-17)28-16(3)35-21)34-23(30)13-22(29)26(4,5)25(14)32/h6-7,9,12,14-15,20,22,24,29,31H,8,10-11,13H2,1-5H3/b18-7+/t14-,15+,20+,22+,24+/m1/s1. The fraction of sp³-hybridized carbons (Fsp3) is 0.577. The number of halogens is 1. The Labute approximate surface area is 209 Å². The Morgan fingerprint density at radius 2 is 1.91 bits per heavy atom. The molecule has 0 saturated carbocycles. The van der Waals surface area contributed by atoms with E-state index in [0.717, 1.165) is 15.2 Å². The predicted molar refractivity (Wildman–Crippen MR) is 132 cm³/mol. The van der Waals surface area contributed by atoms with Crippen LogP contribution in [-0.4, -0.2) is 51.9 Å². The minimum atomic E-state index is -1.34. The minimum absolute atomic E-state index is 0.0159. The van der Waals surface area contributed by atoms with Gasteiger partial charge in [0.2, 0.25) is 0 Å². The molecule has 5 atom stereocenters. The van der Waals surface area contributed by atoms with E-state index >= 15 is 0 Å². The highest BCUT2D eigenvalue weighted by atomic mass is 32.1. The zero-order valence-corrected chi connectivity index (χ0v) is 21.6. The number of fused-ring (bicyclic) bond motifs is 1. The quantitative estimate of drug-likeness (QED) is 0.544. The smallest absolute Gasteiger partial charge is 0.309 e. The summed E-state index contributed by atoms with van der Waals surface area (Å²) in [5.74, 6) is -2.40. The maximum absolute atomic E-state index is 14.5. The number of ketones is 1. The molecule has 35 heavy (non-hydrogen) atoms. The van der Waals surface area contributed by atoms with Gasteiger partial charge in [-0.2, -0.15) is 0 Å². The maximum atomic E-state index is 14.5. The normalized spacial score (nSPS) is 31.1. The highest BCUT2D eigenvalue weighted by molar-refractivity contribution is 7.18. The van der Waals surface area contributed by atoms with Crippen molar-refractivity contribution >= 4 is 33.3 Å². The first-order valence-corrected chi connectivity index (χ1v) is 12.6. The van der Waals surface area contributed by atoms with Gasteiger partial charge in [-0.15, -0.1) is 11.3 Å². The minimum Gasteiger partial charge on any atom is -0.457 e. The van der Waals surface area contributed by atoms with Crippen molar-refractivity contribution in [3.05, 3.63) is 40.7 Å². The number of benzene rings is 1. The number of ether oxygens (including phenoxy) is 2. The van der Waals surface area contributed by atoms with Crippen molar-refractivity contribution in [2.45, 2.75) is 78.3 Å². The van der Waals surface area contributed by atoms with Gasteiger partial charge in [0, 0.05) is 18.8 Å². The number of aryl methyl sites for hydroxylation is 1. The number of hydrogen-bond acceptors (Lipinski definition) is 8. The van der Waals surface area contributed by atoms with Gasteiger partial charge in [0.15, 0.2) is 0 Å². The summed E-state index contributed by atoms with van der Waals surface area (Å²) in [6.45, 7) is 8.17. The molecule has 0 aliphatic carbocycles. The SMILES string of the molecule is Cc1nc2cc([C@@H]3C/C=C(/F)CCO[C@@H](C)[C@@H](O)[C@@H](C)C(=O)C(C)(C)[C@@H](O)CC(=O)O3)ccc2s1. The molecule has 0 saturated heterocycles. The molecule has 0 fully saturated rings. The zero-order chi connectivity index (χ0) is 25.9. The fourth-order valence-electron chi connectivity index (χ4n) is 4.22. The zero-order valence-electron chi connectivity index (χ0n) is 20.8. The third-order valence-corrected chi connectivity index (χ3v) is 7.63. The number of esters is 1. The Morgan fingerprint density at radius 3 is 2.63 bits per heavy atom. The molecule has 1 aromatic carbocycles. The highest BCUT2D eigenvalue weighted by Crippen LogP contribution is 2.33. The molecule has 0 amide bonds. The van der Waals surface area contributed by atoms with Crippen molar-refractivity contribution in [2.75, 3.05) is 6.61 Å². The van der Waals surface area contributed by atoms with E-state index < -0.39 is 59.7 Å². The average Bonchev–Trinajstić information content (AvgIpc) is 3.18. The second-order valence-corrected chi connectivity index (χ2v) is 11.0. The van der Waals surface area contributed by atoms with Crippen LogP contribution >= 0.6 is 11.3 Å². The molecule has 0 spiro atoms. The number of thiazole rings is 1. The summed E-state index contributed by atoms with van der Waals surface area (Å²) in [4.78, 5) is 30.4. The molecule has 3 rings (SSSR count). The van der Waals surface area contributed by atoms with Gasteiger partial charge >= 0.3 is 5.97 Å². The lowest BCUT2D eigenvalue weighted by molar-refractivity contribution is -0.156. The van der Waals surface area contributed by atoms with E-state index in [4.69, 9.17) is 9.47 Å². The fourth-order valence-corrected chi connectivity index (χ4v) is 5.03. The van der Waals surface area contributed by atoms with E-state index in [2.05, 4.69) is 4.98 Å². The predicted octanol–water partition coefficient (Wildman–Crippen LogP) is 4.58. The van der Waals surface area contributed by atoms with Crippen molar-refractivity contribution in [1.82, 2.24) is 4.98 Å². The number of aliphatic hydroxyl groups is 2. The van der Waals surface area contributed by atoms with Crippen LogP contribution in [0, 0.1) is 18.3 Å². The van der Waals surface area contributed by atoms with Crippen molar-refractivity contribution in [3.8, 4) is 0 Å². The first-order valence-electron chi connectivity index (χ1n) is 11.8. The Hall–Kier alpha value is -2.20. The van der Waals surface area contributed by atoms with E-state index in [1.54, 1.807) is 39.0 Å². The third-order valence-electron chi connectivity index (χ3n) is 6.67. The van der Waals surface area contributed by atoms with Crippen LogP contribution in [0.3, 0.4) is 0 Å². The highest BCUT2D eigenvalue weighted by Gasteiger charge is 2.42. The number of aliphatic hydroxyl groups excluding tert-OH is 2. The molecule has 0 unspecified atom stereocenters. The van der Waals surface area contributed by atoms with Crippen LogP contribution in [0.1, 0.15) is 63.6 Å². The number of cyclic esters (lactones) is 1. The van der Waals surface area contributed by atoms with Crippen LogP contribution < -0.4 is 0 Å². The van der Waals surface area contributed by atoms with E-state index in [0.29, 0.717) is 5.56 Å². The second-order valence-electron chi connectivity index (χ2n) is 9.74. The molecule has 0 bridgehead atoms. The van der Waals surface area contributed by atoms with Gasteiger partial charge in [-0.05, 0) is 37.6 Å². The molecule has 0 radical (unpaired) electrons. The molecular formula is C26H34FNO6S. The number of aromatic nitrogens is 1. The van der Waals surface area contributed by atoms with Crippen LogP contribution in [-0.2, 0) is 19.1 Å². The lowest BCUT2D eigenvalue weighted by atomic mass is 9.74. The Balaban J connectivity index is 1.91. The lowest BCUT2D eigenvalue weighted by Crippen LogP contribution is -2.47. The number of carbonyl (C=O) groups excluding carboxylic acids is 2. The lowest BCUT2D eigenvalue weighted by Gasteiger charge is -2.34. The van der Waals surface area contributed by atoms with Gasteiger partial charge in [-0.1, -0.05) is 26.8 Å². The molecule has 192 valence electrons. The topological polar surface area (TPSA) is 106 Å². The van der Waals surface area contributed by atoms with Crippen LogP contribution in [0.4, 0.5) is 4.39 Å². The van der Waals surface area contributed by atoms with Crippen molar-refractivity contribution in [2.24, 2.45) is 11.3 Å². The van der Waals surface area contributed by atoms with Crippen LogP contribution in [0.2, 0.25) is 0 Å². The van der Waals surface area contributed by atoms with E-state index in [-0.39, 0.29) is 19.4 Å². The third kappa shape index (κ3) is 6.52. The summed E-state index contributed by atoms with van der Waals surface area (Å²) in [7, 11) is 0. The Bertz CT molecular complexity index is 1100. The molecule has 2 aromatic rings. The summed E-state index contributed by atoms with van der Waals surface area (Å²) < 4.78 is 26.8. The number of carbonyl (C=O) groups is 2. The van der Waals surface area contributed by atoms with Crippen molar-refractivity contribution < 1.29 is 33.7 Å². The first-order chi connectivity index (χ1) is 16.4. The van der Waals surface area contributed by atoms with Gasteiger partial charge in [0.1, 0.15) is 11.9 Å². The molecule has 1 aliphatic heterocycles. The molecule has 1 aliphatic rings. The molecule has 7 nitrogen and oxygen atoms in total. The van der Waals surface area contributed by atoms with Gasteiger partial charge < -0.3 is 19.7 Å². The molecule has 2 N–H and O–H groups in total. The van der Waals surface area contributed by atoms with E-state index in [9.17, 15) is 24.2 Å². The number of hydrogen-bond donors (Lipinski definition) is 2. The first kappa shape index (κ1) is 27.4. The average molecular weight is 508 g/mol. The number of Topliss-reactive ketones (excluding diaryl/α,β-unsaturated/α-hetero) is 1. The summed E-state index contributed by atoms with van der Waals surface area (Å²) in [6, 6.07) is 5.53. The Kier molecular flexibility index (Phi) is 8.80. The van der Waals surface area contributed by atoms with E-state index in [1.807, 2.05) is 25.1 Å². The van der Waals surface area contributed by atoms with Crippen LogP contribution in [0.25, 0.3) is 10.2 Å². The van der Waals surface area contributed by atoms with Crippen molar-refractivity contribution in [1.29, 1.82) is 0 Å². The monoisotopic (exact) mass is 507 g/mol. The number of rotatable bonds is 1. The molecular weight excluding hydrogens is 473 g/mol. The van der Waals surface area contributed by atoms with Gasteiger partial charge in [-0.3, -0.25) is 9.59 Å². The number of nitrogens with zero attached hydrogens (tertiary/aromatic N) is 1. The van der Waals surface area contributed by atoms with E-state index in [1.165, 1.54) is 6.08 Å². The summed E-state index contributed by atoms with van der Waals surface area (Å²) in [5.41, 5.74) is 0.112. The molecule has 1 aromatic heterocycles. The summed E-state index contributed by atoms with van der Waals surface area (Å²) >= 11 is 1.55. The molecule has 2 heterocycles. The van der Waals surface area contributed by atoms with Crippen LogP contribution in [0.5, 0.6) is 0 Å². The van der Waals surface area contributed by atoms with Gasteiger partial charge in [0.05, 0.1) is 57.8 Å². The van der Waals surface area contributed by atoms with Gasteiger partial charge in [-0.25, -0.2) is 9.37 Å². The summed E-state index contributed by atoms with van der Waals surface area (Å²) in [6.07, 6.45) is -2.99. The Morgan fingerprint density at radius 1 is 1.20 bits per heavy atom.